The molecule has 2 aliphatic carbocycles. The summed E-state index contributed by atoms with van der Waals surface area (Å²) in [6, 6.07) is 1.35. The van der Waals surface area contributed by atoms with Crippen LogP contribution in [0.15, 0.2) is 0 Å². The van der Waals surface area contributed by atoms with Crippen LogP contribution in [0.5, 0.6) is 0 Å². The first-order valence-electron chi connectivity index (χ1n) is 8.59. The smallest absolute Gasteiger partial charge is 0.00966 e. The van der Waals surface area contributed by atoms with E-state index in [9.17, 15) is 0 Å². The standard InChI is InChI=1S/C17H34N2/c1-4-5-14-6-9-17(18)15(10-14)12-19(11-13(2)3)16-7-8-16/h13-17H,4-12,18H2,1-3H3. The number of nitrogens with zero attached hydrogens (tertiary/aromatic N) is 1. The Kier molecular flexibility index (Phi) is 5.70. The second-order valence-electron chi connectivity index (χ2n) is 7.47. The predicted octanol–water partition coefficient (Wildman–Crippen LogP) is 3.65. The summed E-state index contributed by atoms with van der Waals surface area (Å²) in [6.07, 6.45) is 9.62. The molecule has 0 aliphatic heterocycles. The van der Waals surface area contributed by atoms with Gasteiger partial charge in [0, 0.05) is 25.2 Å². The Morgan fingerprint density at radius 2 is 1.89 bits per heavy atom. The molecule has 19 heavy (non-hydrogen) atoms. The van der Waals surface area contributed by atoms with E-state index < -0.39 is 0 Å². The highest BCUT2D eigenvalue weighted by Crippen LogP contribution is 2.35. The Morgan fingerprint density at radius 1 is 1.16 bits per heavy atom. The zero-order valence-electron chi connectivity index (χ0n) is 13.3. The predicted molar refractivity (Wildman–Crippen MR) is 83.1 cm³/mol. The fourth-order valence-electron chi connectivity index (χ4n) is 3.85. The van der Waals surface area contributed by atoms with Crippen LogP contribution in [0.4, 0.5) is 0 Å². The first kappa shape index (κ1) is 15.3. The van der Waals surface area contributed by atoms with Gasteiger partial charge in [-0.3, -0.25) is 4.90 Å². The molecule has 0 aromatic carbocycles. The quantitative estimate of drug-likeness (QED) is 0.762. The molecule has 2 saturated carbocycles. The van der Waals surface area contributed by atoms with Gasteiger partial charge in [0.25, 0.3) is 0 Å². The van der Waals surface area contributed by atoms with Gasteiger partial charge in [-0.25, -0.2) is 0 Å². The normalized spacial score (nSPS) is 32.2. The summed E-state index contributed by atoms with van der Waals surface area (Å²) in [5.74, 6) is 2.49. The van der Waals surface area contributed by atoms with Crippen LogP contribution < -0.4 is 5.73 Å². The number of nitrogens with two attached hydrogens (primary N) is 1. The van der Waals surface area contributed by atoms with Crippen LogP contribution in [-0.2, 0) is 0 Å². The minimum Gasteiger partial charge on any atom is -0.327 e. The Labute approximate surface area is 120 Å². The van der Waals surface area contributed by atoms with E-state index in [0.29, 0.717) is 6.04 Å². The van der Waals surface area contributed by atoms with E-state index in [0.717, 1.165) is 23.8 Å². The van der Waals surface area contributed by atoms with Gasteiger partial charge in [0.05, 0.1) is 0 Å². The van der Waals surface area contributed by atoms with Crippen molar-refractivity contribution in [2.24, 2.45) is 23.5 Å². The van der Waals surface area contributed by atoms with Crippen molar-refractivity contribution in [3.8, 4) is 0 Å². The fraction of sp³-hybridized carbons (Fsp3) is 1.00. The molecule has 0 aromatic heterocycles. The second kappa shape index (κ2) is 7.08. The molecule has 3 unspecified atom stereocenters. The largest absolute Gasteiger partial charge is 0.327 e. The molecule has 0 heterocycles. The lowest BCUT2D eigenvalue weighted by atomic mass is 9.76. The number of hydrogen-bond donors (Lipinski definition) is 1. The first-order chi connectivity index (χ1) is 9.10. The Morgan fingerprint density at radius 3 is 2.47 bits per heavy atom. The Hall–Kier alpha value is -0.0800. The van der Waals surface area contributed by atoms with Gasteiger partial charge in [0.15, 0.2) is 0 Å². The molecule has 0 spiro atoms. The minimum atomic E-state index is 0.460. The van der Waals surface area contributed by atoms with Crippen LogP contribution in [0.25, 0.3) is 0 Å². The van der Waals surface area contributed by atoms with Crippen molar-refractivity contribution in [2.75, 3.05) is 13.1 Å². The summed E-state index contributed by atoms with van der Waals surface area (Å²) in [4.78, 5) is 2.75. The average molecular weight is 266 g/mol. The molecule has 112 valence electrons. The second-order valence-corrected chi connectivity index (χ2v) is 7.47. The van der Waals surface area contributed by atoms with Crippen molar-refractivity contribution in [3.63, 3.8) is 0 Å². The van der Waals surface area contributed by atoms with Crippen molar-refractivity contribution in [1.29, 1.82) is 0 Å². The van der Waals surface area contributed by atoms with Gasteiger partial charge in [0.1, 0.15) is 0 Å². The molecule has 0 aromatic rings. The van der Waals surface area contributed by atoms with Crippen molar-refractivity contribution < 1.29 is 0 Å². The molecular weight excluding hydrogens is 232 g/mol. The van der Waals surface area contributed by atoms with Crippen LogP contribution in [-0.4, -0.2) is 30.1 Å². The van der Waals surface area contributed by atoms with E-state index in [1.165, 1.54) is 58.0 Å². The van der Waals surface area contributed by atoms with E-state index in [1.54, 1.807) is 0 Å². The van der Waals surface area contributed by atoms with Gasteiger partial charge >= 0.3 is 0 Å². The maximum Gasteiger partial charge on any atom is 0.00966 e. The summed E-state index contributed by atoms with van der Waals surface area (Å²) >= 11 is 0. The Bertz CT molecular complexity index is 260. The van der Waals surface area contributed by atoms with E-state index in [2.05, 4.69) is 25.7 Å². The van der Waals surface area contributed by atoms with Crippen LogP contribution >= 0.6 is 0 Å². The van der Waals surface area contributed by atoms with Crippen molar-refractivity contribution in [2.45, 2.75) is 77.8 Å². The molecule has 2 aliphatic rings. The molecular formula is C17H34N2. The number of rotatable bonds is 7. The van der Waals surface area contributed by atoms with Gasteiger partial charge in [-0.2, -0.15) is 0 Å². The lowest BCUT2D eigenvalue weighted by molar-refractivity contribution is 0.137. The highest BCUT2D eigenvalue weighted by Gasteiger charge is 2.34. The highest BCUT2D eigenvalue weighted by molar-refractivity contribution is 4.90. The molecule has 2 heteroatoms. The number of hydrogen-bond acceptors (Lipinski definition) is 2. The van der Waals surface area contributed by atoms with E-state index in [1.807, 2.05) is 0 Å². The molecule has 0 bridgehead atoms. The molecule has 2 nitrogen and oxygen atoms in total. The molecule has 2 rings (SSSR count). The minimum absolute atomic E-state index is 0.460. The van der Waals surface area contributed by atoms with E-state index in [-0.39, 0.29) is 0 Å². The van der Waals surface area contributed by atoms with Crippen molar-refractivity contribution in [3.05, 3.63) is 0 Å². The highest BCUT2D eigenvalue weighted by atomic mass is 15.2. The lowest BCUT2D eigenvalue weighted by Gasteiger charge is -2.38. The third-order valence-electron chi connectivity index (χ3n) is 4.98. The average Bonchev–Trinajstić information content (AvgIpc) is 3.16. The lowest BCUT2D eigenvalue weighted by Crippen LogP contribution is -2.44. The summed E-state index contributed by atoms with van der Waals surface area (Å²) in [6.45, 7) is 9.54. The third-order valence-corrected chi connectivity index (χ3v) is 4.98. The SMILES string of the molecule is CCCC1CCC(N)C(CN(CC(C)C)C2CC2)C1. The topological polar surface area (TPSA) is 29.3 Å². The third kappa shape index (κ3) is 4.75. The van der Waals surface area contributed by atoms with Crippen molar-refractivity contribution >= 4 is 0 Å². The zero-order valence-corrected chi connectivity index (χ0v) is 13.3. The summed E-state index contributed by atoms with van der Waals surface area (Å²) < 4.78 is 0. The van der Waals surface area contributed by atoms with Gasteiger partial charge in [-0.05, 0) is 49.9 Å². The molecule has 0 amide bonds. The van der Waals surface area contributed by atoms with Gasteiger partial charge in [-0.15, -0.1) is 0 Å². The molecule has 0 radical (unpaired) electrons. The van der Waals surface area contributed by atoms with Gasteiger partial charge < -0.3 is 5.73 Å². The first-order valence-corrected chi connectivity index (χ1v) is 8.59. The summed E-state index contributed by atoms with van der Waals surface area (Å²) in [5, 5.41) is 0. The summed E-state index contributed by atoms with van der Waals surface area (Å²) in [5.41, 5.74) is 6.41. The van der Waals surface area contributed by atoms with Crippen LogP contribution in [0.1, 0.15) is 65.7 Å². The molecule has 2 fully saturated rings. The molecule has 0 saturated heterocycles. The molecule has 3 atom stereocenters. The van der Waals surface area contributed by atoms with E-state index >= 15 is 0 Å². The maximum absolute atomic E-state index is 6.41. The Balaban J connectivity index is 1.86. The van der Waals surface area contributed by atoms with E-state index in [4.69, 9.17) is 5.73 Å². The zero-order chi connectivity index (χ0) is 13.8. The van der Waals surface area contributed by atoms with Gasteiger partial charge in [-0.1, -0.05) is 33.6 Å². The maximum atomic E-state index is 6.41. The van der Waals surface area contributed by atoms with Crippen LogP contribution in [0.2, 0.25) is 0 Å². The molecule has 2 N–H and O–H groups in total. The summed E-state index contributed by atoms with van der Waals surface area (Å²) in [7, 11) is 0. The monoisotopic (exact) mass is 266 g/mol. The van der Waals surface area contributed by atoms with Crippen molar-refractivity contribution in [1.82, 2.24) is 4.90 Å². The fourth-order valence-corrected chi connectivity index (χ4v) is 3.85. The van der Waals surface area contributed by atoms with Crippen LogP contribution in [0.3, 0.4) is 0 Å². The van der Waals surface area contributed by atoms with Crippen LogP contribution in [0, 0.1) is 17.8 Å². The van der Waals surface area contributed by atoms with Gasteiger partial charge in [0.2, 0.25) is 0 Å².